The number of hydrogen-bond acceptors (Lipinski definition) is 1. The first kappa shape index (κ1) is 32.1. The van der Waals surface area contributed by atoms with Gasteiger partial charge in [0.05, 0.1) is 0 Å². The predicted octanol–water partition coefficient (Wildman–Crippen LogP) is 10.1. The molecule has 0 heterocycles. The van der Waals surface area contributed by atoms with Gasteiger partial charge in [-0.05, 0) is 64.2 Å². The van der Waals surface area contributed by atoms with Crippen molar-refractivity contribution >= 4 is 7.05 Å². The molecule has 3 heteroatoms. The Morgan fingerprint density at radius 3 is 1.73 bits per heavy atom. The van der Waals surface area contributed by atoms with Crippen LogP contribution < -0.4 is 0 Å². The molecular weight excluding hydrogens is 417 g/mol. The molecule has 0 saturated heterocycles. The van der Waals surface area contributed by atoms with Crippen molar-refractivity contribution in [1.82, 2.24) is 0 Å². The van der Waals surface area contributed by atoms with Crippen LogP contribution in [-0.2, 0) is 21.7 Å². The van der Waals surface area contributed by atoms with Crippen molar-refractivity contribution in [1.29, 1.82) is 0 Å². The van der Waals surface area contributed by atoms with Gasteiger partial charge in [-0.3, -0.25) is 4.74 Å². The summed E-state index contributed by atoms with van der Waals surface area (Å²) < 4.78 is 5.43. The second kappa shape index (κ2) is 23.6. The van der Waals surface area contributed by atoms with Gasteiger partial charge < -0.3 is 0 Å². The van der Waals surface area contributed by atoms with Crippen LogP contribution in [0.2, 0.25) is 0 Å². The molecule has 0 aromatic heterocycles. The van der Waals surface area contributed by atoms with Gasteiger partial charge in [0.2, 0.25) is 0 Å². The van der Waals surface area contributed by atoms with E-state index in [0.29, 0.717) is 0 Å². The maximum Gasteiger partial charge on any atom is 0.0425 e. The van der Waals surface area contributed by atoms with E-state index in [1.807, 2.05) is 19.1 Å². The van der Waals surface area contributed by atoms with Crippen molar-refractivity contribution < 1.29 is 21.7 Å². The fourth-order valence-electron chi connectivity index (χ4n) is 3.56. The summed E-state index contributed by atoms with van der Waals surface area (Å²) in [6.45, 7) is 11.1. The summed E-state index contributed by atoms with van der Waals surface area (Å²) in [6.07, 6.45) is 33.7. The molecule has 1 rings (SSSR count). The number of unbranched alkanes of at least 4 members (excludes halogenated alkanes) is 6. The molecule has 0 aromatic carbocycles. The molecule has 0 bridgehead atoms. The molecular formula is C27H50NPTi. The Hall–Kier alpha value is -0.0957. The maximum atomic E-state index is 5.43. The van der Waals surface area contributed by atoms with Crippen molar-refractivity contribution in [3.05, 3.63) is 48.2 Å². The van der Waals surface area contributed by atoms with Crippen LogP contribution in [0, 0.1) is 0 Å². The molecule has 1 aliphatic rings. The van der Waals surface area contributed by atoms with E-state index in [9.17, 15) is 0 Å². The van der Waals surface area contributed by atoms with Crippen molar-refractivity contribution in [3.63, 3.8) is 0 Å². The molecule has 0 aliphatic heterocycles. The van der Waals surface area contributed by atoms with E-state index >= 15 is 0 Å². The summed E-state index contributed by atoms with van der Waals surface area (Å²) in [7, 11) is -1.12. The second-order valence-corrected chi connectivity index (χ2v) is 11.9. The van der Waals surface area contributed by atoms with Gasteiger partial charge in [-0.2, -0.15) is 0 Å². The van der Waals surface area contributed by atoms with Crippen LogP contribution in [0.25, 0.3) is 0 Å². The first-order valence-electron chi connectivity index (χ1n) is 12.4. The average Bonchev–Trinajstić information content (AvgIpc) is 3.22. The van der Waals surface area contributed by atoms with Crippen LogP contribution in [-0.4, -0.2) is 18.5 Å². The van der Waals surface area contributed by atoms with E-state index in [2.05, 4.69) is 58.1 Å². The molecule has 0 fully saturated rings. The van der Waals surface area contributed by atoms with Gasteiger partial charge in [0.15, 0.2) is 0 Å². The van der Waals surface area contributed by atoms with Gasteiger partial charge >= 0.3 is 0 Å². The molecule has 0 amide bonds. The Bertz CT molecular complexity index is 510. The normalized spacial score (nSPS) is 13.3. The van der Waals surface area contributed by atoms with Crippen molar-refractivity contribution in [2.75, 3.05) is 18.5 Å². The average molecular weight is 468 g/mol. The van der Waals surface area contributed by atoms with Crippen molar-refractivity contribution in [2.24, 2.45) is 4.74 Å². The van der Waals surface area contributed by atoms with Gasteiger partial charge in [-0.1, -0.05) is 103 Å². The summed E-state index contributed by atoms with van der Waals surface area (Å²) in [5, 5.41) is 0. The van der Waals surface area contributed by atoms with Crippen LogP contribution in [0.5, 0.6) is 0 Å². The van der Waals surface area contributed by atoms with Gasteiger partial charge in [0, 0.05) is 33.8 Å². The van der Waals surface area contributed by atoms with E-state index in [0.717, 1.165) is 12.8 Å². The third-order valence-electron chi connectivity index (χ3n) is 5.30. The first-order chi connectivity index (χ1) is 14.2. The zero-order chi connectivity index (χ0) is 21.6. The second-order valence-electron chi connectivity index (χ2n) is 8.14. The fourth-order valence-corrected chi connectivity index (χ4v) is 7.66. The molecule has 0 saturated carbocycles. The van der Waals surface area contributed by atoms with E-state index in [1.54, 1.807) is 0 Å². The minimum Gasteiger partial charge on any atom is -0.272 e. The van der Waals surface area contributed by atoms with E-state index in [4.69, 9.17) is 4.74 Å². The minimum absolute atomic E-state index is 0. The standard InChI is InChI=1S/C20H38NP.C7H12.Ti/c1-4-7-12-17-22(18-13-8-5-2,19-14-9-6-3)21-20-15-10-11-16-20;1-3-5-7-6-4-2;/h10-11,15H,4-9,12-14,16-19H2,1-3H3;3,5-7H,4H2,1-2H3;. The molecule has 0 N–H and O–H groups in total. The van der Waals surface area contributed by atoms with Crippen LogP contribution >= 0.6 is 7.05 Å². The molecule has 0 unspecified atom stereocenters. The molecule has 0 atom stereocenters. The summed E-state index contributed by atoms with van der Waals surface area (Å²) in [4.78, 5) is 0. The minimum atomic E-state index is -1.12. The number of hydrogen-bond donors (Lipinski definition) is 0. The van der Waals surface area contributed by atoms with Crippen LogP contribution in [0.4, 0.5) is 0 Å². The molecule has 1 nitrogen and oxygen atoms in total. The third-order valence-corrected chi connectivity index (χ3v) is 9.43. The van der Waals surface area contributed by atoms with E-state index < -0.39 is 7.05 Å². The smallest absolute Gasteiger partial charge is 0.0425 e. The SMILES string of the molecule is CC=CC=CCC.CCCCCP(CCCCC)(CCCCC)=NC1=CC=CC1.[Ti]. The third kappa shape index (κ3) is 17.6. The van der Waals surface area contributed by atoms with E-state index in [-0.39, 0.29) is 21.7 Å². The predicted molar refractivity (Wildman–Crippen MR) is 139 cm³/mol. The Morgan fingerprint density at radius 2 is 1.37 bits per heavy atom. The summed E-state index contributed by atoms with van der Waals surface area (Å²) in [5.74, 6) is 0. The largest absolute Gasteiger partial charge is 0.272 e. The Labute approximate surface area is 204 Å². The Kier molecular flexibility index (Phi) is 25.2. The maximum absolute atomic E-state index is 5.43. The molecule has 0 aromatic rings. The quantitative estimate of drug-likeness (QED) is 0.0983. The van der Waals surface area contributed by atoms with Crippen LogP contribution in [0.1, 0.15) is 105 Å². The van der Waals surface area contributed by atoms with Gasteiger partial charge in [0.1, 0.15) is 0 Å². The van der Waals surface area contributed by atoms with Crippen LogP contribution in [0.15, 0.2) is 53.0 Å². The van der Waals surface area contributed by atoms with Gasteiger partial charge in [-0.25, -0.2) is 0 Å². The Morgan fingerprint density at radius 1 is 0.833 bits per heavy atom. The van der Waals surface area contributed by atoms with Crippen molar-refractivity contribution in [2.45, 2.75) is 105 Å². The van der Waals surface area contributed by atoms with Crippen molar-refractivity contribution in [3.8, 4) is 0 Å². The zero-order valence-electron chi connectivity index (χ0n) is 20.8. The summed E-state index contributed by atoms with van der Waals surface area (Å²) in [6, 6.07) is 0. The summed E-state index contributed by atoms with van der Waals surface area (Å²) in [5.41, 5.74) is 1.37. The van der Waals surface area contributed by atoms with E-state index in [1.165, 1.54) is 82.0 Å². The molecule has 30 heavy (non-hydrogen) atoms. The summed E-state index contributed by atoms with van der Waals surface area (Å²) >= 11 is 0. The number of allylic oxidation sites excluding steroid dienone is 7. The zero-order valence-corrected chi connectivity index (χ0v) is 23.3. The number of rotatable bonds is 15. The first-order valence-corrected chi connectivity index (χ1v) is 14.7. The molecule has 0 radical (unpaired) electrons. The van der Waals surface area contributed by atoms with Gasteiger partial charge in [0.25, 0.3) is 0 Å². The molecule has 1 aliphatic carbocycles. The number of nitrogens with zero attached hydrogens (tertiary/aromatic N) is 1. The monoisotopic (exact) mass is 467 g/mol. The fraction of sp³-hybridized carbons (Fsp3) is 0.704. The Balaban J connectivity index is 0. The van der Waals surface area contributed by atoms with Crippen LogP contribution in [0.3, 0.4) is 0 Å². The molecule has 0 spiro atoms. The topological polar surface area (TPSA) is 12.4 Å². The molecule has 172 valence electrons. The van der Waals surface area contributed by atoms with Gasteiger partial charge in [-0.15, -0.1) is 0 Å².